The minimum absolute atomic E-state index is 0.143. The predicted octanol–water partition coefficient (Wildman–Crippen LogP) is 5.11. The molecule has 1 aliphatic rings. The molecule has 0 spiro atoms. The third-order valence-electron chi connectivity index (χ3n) is 4.01. The molecule has 0 fully saturated rings. The lowest BCUT2D eigenvalue weighted by atomic mass is 9.89. The first-order chi connectivity index (χ1) is 12.1. The first-order valence-electron chi connectivity index (χ1n) is 8.46. The van der Waals surface area contributed by atoms with E-state index in [4.69, 9.17) is 10.00 Å². The molecular weight excluding hydrogens is 330 g/mol. The van der Waals surface area contributed by atoms with Crippen LogP contribution < -0.4 is 0 Å². The summed E-state index contributed by atoms with van der Waals surface area (Å²) >= 11 is 0. The maximum Gasteiger partial charge on any atom is 0.0972 e. The van der Waals surface area contributed by atoms with Gasteiger partial charge in [-0.1, -0.05) is 49.5 Å². The van der Waals surface area contributed by atoms with E-state index in [0.29, 0.717) is 6.42 Å². The van der Waals surface area contributed by atoms with Crippen molar-refractivity contribution in [3.05, 3.63) is 70.1 Å². The van der Waals surface area contributed by atoms with Crippen molar-refractivity contribution in [3.63, 3.8) is 0 Å². The molecule has 0 aliphatic heterocycles. The number of methoxy groups -OCH3 is 1. The Bertz CT molecular complexity index is 687. The standard InChI is InChI=1S/C21H27NO2S/c1-5-7-8-9-10-17(3)25(23)19-11-13-20(18(6-2)15-16-22)21(24-4)14-12-19/h5,7-14,18,21H,6,15H2,1-4H3/b7-5-,9-8-,17-10+. The quantitative estimate of drug-likeness (QED) is 0.567. The number of allylic oxidation sites excluding steroid dienone is 9. The Morgan fingerprint density at radius 3 is 2.76 bits per heavy atom. The number of ether oxygens (including phenoxy) is 1. The monoisotopic (exact) mass is 357 g/mol. The molecule has 0 aromatic heterocycles. The second-order valence-electron chi connectivity index (χ2n) is 5.68. The topological polar surface area (TPSA) is 50.1 Å². The Balaban J connectivity index is 3.09. The minimum atomic E-state index is -1.22. The molecule has 3 unspecified atom stereocenters. The van der Waals surface area contributed by atoms with Gasteiger partial charge in [-0.05, 0) is 43.9 Å². The van der Waals surface area contributed by atoms with Gasteiger partial charge >= 0.3 is 0 Å². The summed E-state index contributed by atoms with van der Waals surface area (Å²) in [7, 11) is 0.430. The largest absolute Gasteiger partial charge is 0.373 e. The Kier molecular flexibility index (Phi) is 9.76. The van der Waals surface area contributed by atoms with Crippen LogP contribution in [0.1, 0.15) is 33.6 Å². The van der Waals surface area contributed by atoms with Gasteiger partial charge in [0.05, 0.1) is 23.0 Å². The van der Waals surface area contributed by atoms with Crippen LogP contribution >= 0.6 is 0 Å². The van der Waals surface area contributed by atoms with E-state index in [1.807, 2.05) is 68.5 Å². The van der Waals surface area contributed by atoms with E-state index in [1.165, 1.54) is 0 Å². The van der Waals surface area contributed by atoms with Crippen molar-refractivity contribution in [2.24, 2.45) is 5.92 Å². The predicted molar refractivity (Wildman–Crippen MR) is 106 cm³/mol. The second kappa shape index (κ2) is 11.6. The first-order valence-corrected chi connectivity index (χ1v) is 9.61. The normalized spacial score (nSPS) is 20.9. The summed E-state index contributed by atoms with van der Waals surface area (Å²) in [6.45, 7) is 5.88. The van der Waals surface area contributed by atoms with Gasteiger partial charge in [0.15, 0.2) is 0 Å². The molecule has 0 bridgehead atoms. The van der Waals surface area contributed by atoms with E-state index in [1.54, 1.807) is 7.11 Å². The van der Waals surface area contributed by atoms with E-state index in [9.17, 15) is 4.21 Å². The zero-order chi connectivity index (χ0) is 18.7. The minimum Gasteiger partial charge on any atom is -0.373 e. The SMILES string of the molecule is C\C=C/C=C\C=C(/C)S(=O)C1=CC=C(C(CC)CC#N)C(OC)C=C1. The summed E-state index contributed by atoms with van der Waals surface area (Å²) in [6.07, 6.45) is 18.3. The molecule has 3 atom stereocenters. The number of nitriles is 1. The average Bonchev–Trinajstić information content (AvgIpc) is 2.84. The number of rotatable bonds is 8. The van der Waals surface area contributed by atoms with Crippen molar-refractivity contribution in [1.29, 1.82) is 5.26 Å². The molecule has 1 rings (SSSR count). The lowest BCUT2D eigenvalue weighted by Gasteiger charge is -2.21. The molecule has 0 amide bonds. The molecule has 0 N–H and O–H groups in total. The molecule has 0 radical (unpaired) electrons. The second-order valence-corrected chi connectivity index (χ2v) is 7.33. The lowest BCUT2D eigenvalue weighted by Crippen LogP contribution is -2.17. The fraction of sp³-hybridized carbons (Fsp3) is 0.381. The van der Waals surface area contributed by atoms with Crippen LogP contribution in [0.3, 0.4) is 0 Å². The molecule has 3 nitrogen and oxygen atoms in total. The van der Waals surface area contributed by atoms with Crippen molar-refractivity contribution in [2.45, 2.75) is 39.7 Å². The van der Waals surface area contributed by atoms with Gasteiger partial charge in [-0.15, -0.1) is 0 Å². The summed E-state index contributed by atoms with van der Waals surface area (Å²) in [5, 5.41) is 9.04. The van der Waals surface area contributed by atoms with Crippen molar-refractivity contribution in [2.75, 3.05) is 7.11 Å². The van der Waals surface area contributed by atoms with Crippen LogP contribution in [0.2, 0.25) is 0 Å². The molecule has 4 heteroatoms. The summed E-state index contributed by atoms with van der Waals surface area (Å²) < 4.78 is 18.3. The van der Waals surface area contributed by atoms with E-state index in [-0.39, 0.29) is 12.0 Å². The number of hydrogen-bond donors (Lipinski definition) is 0. The highest BCUT2D eigenvalue weighted by Gasteiger charge is 2.21. The smallest absolute Gasteiger partial charge is 0.0972 e. The number of hydrogen-bond acceptors (Lipinski definition) is 3. The van der Waals surface area contributed by atoms with Gasteiger partial charge in [0.2, 0.25) is 0 Å². The molecule has 0 aromatic carbocycles. The Morgan fingerprint density at radius 1 is 1.40 bits per heavy atom. The third-order valence-corrected chi connectivity index (χ3v) is 5.43. The van der Waals surface area contributed by atoms with Crippen molar-refractivity contribution < 1.29 is 8.95 Å². The molecule has 0 heterocycles. The van der Waals surface area contributed by atoms with Crippen LogP contribution in [0.4, 0.5) is 0 Å². The van der Waals surface area contributed by atoms with Gasteiger partial charge in [-0.25, -0.2) is 4.21 Å². The third kappa shape index (κ3) is 6.45. The summed E-state index contributed by atoms with van der Waals surface area (Å²) in [4.78, 5) is 1.52. The molecule has 134 valence electrons. The zero-order valence-corrected chi connectivity index (χ0v) is 16.3. The maximum atomic E-state index is 12.7. The van der Waals surface area contributed by atoms with Crippen LogP contribution in [0.25, 0.3) is 0 Å². The fourth-order valence-electron chi connectivity index (χ4n) is 2.55. The molecule has 0 aromatic rings. The van der Waals surface area contributed by atoms with E-state index < -0.39 is 10.8 Å². The van der Waals surface area contributed by atoms with Crippen molar-refractivity contribution in [1.82, 2.24) is 0 Å². The first kappa shape index (κ1) is 21.1. The molecule has 0 saturated heterocycles. The van der Waals surface area contributed by atoms with Crippen LogP contribution in [0, 0.1) is 17.2 Å². The lowest BCUT2D eigenvalue weighted by molar-refractivity contribution is 0.158. The summed E-state index contributed by atoms with van der Waals surface area (Å²) in [5.74, 6) is 0.143. The van der Waals surface area contributed by atoms with Crippen LogP contribution in [-0.4, -0.2) is 17.4 Å². The fourth-order valence-corrected chi connectivity index (χ4v) is 3.52. The van der Waals surface area contributed by atoms with E-state index >= 15 is 0 Å². The Labute approximate surface area is 154 Å². The van der Waals surface area contributed by atoms with Gasteiger partial charge in [-0.3, -0.25) is 0 Å². The Morgan fingerprint density at radius 2 is 2.16 bits per heavy atom. The van der Waals surface area contributed by atoms with Crippen LogP contribution in [-0.2, 0) is 15.5 Å². The van der Waals surface area contributed by atoms with Gasteiger partial charge in [0, 0.05) is 23.3 Å². The maximum absolute atomic E-state index is 12.7. The van der Waals surface area contributed by atoms with Crippen molar-refractivity contribution >= 4 is 10.8 Å². The summed E-state index contributed by atoms with van der Waals surface area (Å²) in [6, 6.07) is 2.24. The highest BCUT2D eigenvalue weighted by molar-refractivity contribution is 7.93. The van der Waals surface area contributed by atoms with Crippen molar-refractivity contribution in [3.8, 4) is 6.07 Å². The molecule has 0 saturated carbocycles. The average molecular weight is 358 g/mol. The van der Waals surface area contributed by atoms with Gasteiger partial charge < -0.3 is 4.74 Å². The van der Waals surface area contributed by atoms with E-state index in [2.05, 4.69) is 13.0 Å². The molecule has 25 heavy (non-hydrogen) atoms. The van der Waals surface area contributed by atoms with E-state index in [0.717, 1.165) is 21.8 Å². The highest BCUT2D eigenvalue weighted by atomic mass is 32.2. The molecule has 1 aliphatic carbocycles. The van der Waals surface area contributed by atoms with Gasteiger partial charge in [0.25, 0.3) is 0 Å². The van der Waals surface area contributed by atoms with Gasteiger partial charge in [0.1, 0.15) is 0 Å². The number of nitrogens with zero attached hydrogens (tertiary/aromatic N) is 1. The van der Waals surface area contributed by atoms with Crippen LogP contribution in [0.15, 0.2) is 70.1 Å². The molecular formula is C21H27NO2S. The van der Waals surface area contributed by atoms with Crippen LogP contribution in [0.5, 0.6) is 0 Å². The zero-order valence-electron chi connectivity index (χ0n) is 15.4. The highest BCUT2D eigenvalue weighted by Crippen LogP contribution is 2.28. The summed E-state index contributed by atoms with van der Waals surface area (Å²) in [5.41, 5.74) is 1.06. The van der Waals surface area contributed by atoms with Gasteiger partial charge in [-0.2, -0.15) is 5.26 Å². The Hall–Kier alpha value is -1.96.